The Labute approximate surface area is 131 Å². The fourth-order valence-corrected chi connectivity index (χ4v) is 2.26. The average Bonchev–Trinajstić information content (AvgIpc) is 2.55. The minimum atomic E-state index is -0.612. The first-order valence-electron chi connectivity index (χ1n) is 7.43. The van der Waals surface area contributed by atoms with Crippen LogP contribution in [0.4, 0.5) is 5.69 Å². The van der Waals surface area contributed by atoms with Crippen molar-refractivity contribution in [2.45, 2.75) is 19.6 Å². The van der Waals surface area contributed by atoms with Crippen molar-refractivity contribution in [3.63, 3.8) is 0 Å². The quantitative estimate of drug-likeness (QED) is 0.825. The van der Waals surface area contributed by atoms with Gasteiger partial charge in [-0.2, -0.15) is 0 Å². The molecule has 0 aliphatic carbocycles. The monoisotopic (exact) mass is 298 g/mol. The fraction of sp³-hybridized carbons (Fsp3) is 0.278. The number of carbonyl (C=O) groups is 1. The van der Waals surface area contributed by atoms with E-state index in [1.54, 1.807) is 7.11 Å². The zero-order chi connectivity index (χ0) is 15.8. The first-order chi connectivity index (χ1) is 10.7. The van der Waals surface area contributed by atoms with E-state index in [0.717, 1.165) is 29.9 Å². The van der Waals surface area contributed by atoms with Crippen LogP contribution in [0, 0.1) is 0 Å². The van der Waals surface area contributed by atoms with E-state index in [4.69, 9.17) is 4.74 Å². The number of hydrogen-bond acceptors (Lipinski definition) is 3. The maximum atomic E-state index is 12.4. The number of methoxy groups -OCH3 is 1. The molecular weight excluding hydrogens is 276 g/mol. The molecule has 22 heavy (non-hydrogen) atoms. The van der Waals surface area contributed by atoms with Crippen molar-refractivity contribution < 1.29 is 9.53 Å². The lowest BCUT2D eigenvalue weighted by atomic mass is 10.1. The summed E-state index contributed by atoms with van der Waals surface area (Å²) in [6, 6.07) is 17.3. The predicted octanol–water partition coefficient (Wildman–Crippen LogP) is 3.12. The van der Waals surface area contributed by atoms with Crippen molar-refractivity contribution in [1.29, 1.82) is 0 Å². The normalized spacial score (nSPS) is 11.9. The molecule has 0 saturated carbocycles. The lowest BCUT2D eigenvalue weighted by Crippen LogP contribution is -2.22. The molecule has 116 valence electrons. The Morgan fingerprint density at radius 1 is 1.14 bits per heavy atom. The Balaban J connectivity index is 2.07. The van der Waals surface area contributed by atoms with Gasteiger partial charge in [-0.05, 0) is 29.8 Å². The number of nitrogens with one attached hydrogen (secondary N) is 2. The SMILES string of the molecule is CCNCc1cccc(NC(=O)C(OC)c2ccccc2)c1. The van der Waals surface area contributed by atoms with Crippen LogP contribution in [-0.4, -0.2) is 19.6 Å². The van der Waals surface area contributed by atoms with Crippen LogP contribution in [0.2, 0.25) is 0 Å². The Hall–Kier alpha value is -2.17. The summed E-state index contributed by atoms with van der Waals surface area (Å²) in [4.78, 5) is 12.4. The molecule has 0 saturated heterocycles. The van der Waals surface area contributed by atoms with Gasteiger partial charge in [-0.1, -0.05) is 49.4 Å². The van der Waals surface area contributed by atoms with Gasteiger partial charge in [0.1, 0.15) is 0 Å². The van der Waals surface area contributed by atoms with E-state index in [2.05, 4.69) is 17.6 Å². The van der Waals surface area contributed by atoms with E-state index in [1.807, 2.05) is 54.6 Å². The highest BCUT2D eigenvalue weighted by atomic mass is 16.5. The molecule has 0 fully saturated rings. The second-order valence-electron chi connectivity index (χ2n) is 5.00. The zero-order valence-corrected chi connectivity index (χ0v) is 13.0. The van der Waals surface area contributed by atoms with Crippen LogP contribution in [0.15, 0.2) is 54.6 Å². The molecule has 0 aliphatic heterocycles. The third-order valence-electron chi connectivity index (χ3n) is 3.35. The maximum absolute atomic E-state index is 12.4. The Morgan fingerprint density at radius 3 is 2.59 bits per heavy atom. The van der Waals surface area contributed by atoms with Gasteiger partial charge in [0.2, 0.25) is 0 Å². The van der Waals surface area contributed by atoms with E-state index in [0.29, 0.717) is 0 Å². The van der Waals surface area contributed by atoms with Crippen LogP contribution in [-0.2, 0) is 16.1 Å². The van der Waals surface area contributed by atoms with Gasteiger partial charge in [-0.25, -0.2) is 0 Å². The predicted molar refractivity (Wildman–Crippen MR) is 88.6 cm³/mol. The molecule has 1 unspecified atom stereocenters. The van der Waals surface area contributed by atoms with E-state index in [-0.39, 0.29) is 5.91 Å². The van der Waals surface area contributed by atoms with Gasteiger partial charge in [0.25, 0.3) is 5.91 Å². The molecule has 2 aromatic rings. The van der Waals surface area contributed by atoms with Crippen molar-refractivity contribution in [2.24, 2.45) is 0 Å². The molecule has 4 heteroatoms. The summed E-state index contributed by atoms with van der Waals surface area (Å²) >= 11 is 0. The van der Waals surface area contributed by atoms with Crippen molar-refractivity contribution >= 4 is 11.6 Å². The molecule has 2 N–H and O–H groups in total. The van der Waals surface area contributed by atoms with Crippen molar-refractivity contribution in [3.8, 4) is 0 Å². The summed E-state index contributed by atoms with van der Waals surface area (Å²) in [5.41, 5.74) is 2.75. The molecule has 2 rings (SSSR count). The summed E-state index contributed by atoms with van der Waals surface area (Å²) in [6.45, 7) is 3.76. The smallest absolute Gasteiger partial charge is 0.258 e. The van der Waals surface area contributed by atoms with E-state index in [1.165, 1.54) is 0 Å². The van der Waals surface area contributed by atoms with Crippen LogP contribution in [0.3, 0.4) is 0 Å². The van der Waals surface area contributed by atoms with Crippen LogP contribution in [0.5, 0.6) is 0 Å². The average molecular weight is 298 g/mol. The molecule has 1 amide bonds. The van der Waals surface area contributed by atoms with E-state index >= 15 is 0 Å². The highest BCUT2D eigenvalue weighted by molar-refractivity contribution is 5.94. The van der Waals surface area contributed by atoms with Crippen molar-refractivity contribution in [2.75, 3.05) is 19.0 Å². The Kier molecular flexibility index (Phi) is 6.13. The molecule has 0 bridgehead atoms. The molecule has 0 heterocycles. The van der Waals surface area contributed by atoms with Gasteiger partial charge in [0.05, 0.1) is 0 Å². The molecule has 0 aliphatic rings. The van der Waals surface area contributed by atoms with Gasteiger partial charge in [-0.15, -0.1) is 0 Å². The minimum absolute atomic E-state index is 0.172. The molecular formula is C18H22N2O2. The van der Waals surface area contributed by atoms with Gasteiger partial charge >= 0.3 is 0 Å². The number of amides is 1. The third-order valence-corrected chi connectivity index (χ3v) is 3.35. The Bertz CT molecular complexity index is 599. The highest BCUT2D eigenvalue weighted by Gasteiger charge is 2.19. The number of carbonyl (C=O) groups excluding carboxylic acids is 1. The standard InChI is InChI=1S/C18H22N2O2/c1-3-19-13-14-8-7-11-16(12-14)20-18(21)17(22-2)15-9-5-4-6-10-15/h4-12,17,19H,3,13H2,1-2H3,(H,20,21). The van der Waals surface area contributed by atoms with Gasteiger partial charge in [0, 0.05) is 19.3 Å². The zero-order valence-electron chi connectivity index (χ0n) is 13.0. The maximum Gasteiger partial charge on any atom is 0.258 e. The molecule has 2 aromatic carbocycles. The molecule has 0 radical (unpaired) electrons. The van der Waals surface area contributed by atoms with Crippen molar-refractivity contribution in [3.05, 3.63) is 65.7 Å². The van der Waals surface area contributed by atoms with Crippen LogP contribution in [0.25, 0.3) is 0 Å². The summed E-state index contributed by atoms with van der Waals surface area (Å²) < 4.78 is 5.34. The molecule has 0 aromatic heterocycles. The lowest BCUT2D eigenvalue weighted by Gasteiger charge is -2.16. The first kappa shape index (κ1) is 16.2. The van der Waals surface area contributed by atoms with E-state index < -0.39 is 6.10 Å². The summed E-state index contributed by atoms with van der Waals surface area (Å²) in [7, 11) is 1.54. The fourth-order valence-electron chi connectivity index (χ4n) is 2.26. The summed E-state index contributed by atoms with van der Waals surface area (Å²) in [6.07, 6.45) is -0.612. The largest absolute Gasteiger partial charge is 0.367 e. The van der Waals surface area contributed by atoms with E-state index in [9.17, 15) is 4.79 Å². The number of anilines is 1. The number of ether oxygens (including phenoxy) is 1. The highest BCUT2D eigenvalue weighted by Crippen LogP contribution is 2.19. The van der Waals surface area contributed by atoms with Gasteiger partial charge < -0.3 is 15.4 Å². The lowest BCUT2D eigenvalue weighted by molar-refractivity contribution is -0.126. The second kappa shape index (κ2) is 8.32. The minimum Gasteiger partial charge on any atom is -0.367 e. The first-order valence-corrected chi connectivity index (χ1v) is 7.43. The van der Waals surface area contributed by atoms with Crippen LogP contribution >= 0.6 is 0 Å². The molecule has 4 nitrogen and oxygen atoms in total. The summed E-state index contributed by atoms with van der Waals surface area (Å²) in [5, 5.41) is 6.18. The topological polar surface area (TPSA) is 50.4 Å². The van der Waals surface area contributed by atoms with Gasteiger partial charge in [0.15, 0.2) is 6.10 Å². The number of benzene rings is 2. The second-order valence-corrected chi connectivity index (χ2v) is 5.00. The molecule has 1 atom stereocenters. The Morgan fingerprint density at radius 2 is 1.91 bits per heavy atom. The third kappa shape index (κ3) is 4.41. The summed E-state index contributed by atoms with van der Waals surface area (Å²) in [5.74, 6) is -0.172. The number of hydrogen-bond donors (Lipinski definition) is 2. The number of rotatable bonds is 7. The van der Waals surface area contributed by atoms with Gasteiger partial charge in [-0.3, -0.25) is 4.79 Å². The van der Waals surface area contributed by atoms with Crippen LogP contribution in [0.1, 0.15) is 24.2 Å². The van der Waals surface area contributed by atoms with Crippen molar-refractivity contribution in [1.82, 2.24) is 5.32 Å². The van der Waals surface area contributed by atoms with Crippen LogP contribution < -0.4 is 10.6 Å². The molecule has 0 spiro atoms.